The summed E-state index contributed by atoms with van der Waals surface area (Å²) in [5.74, 6) is 0.239. The number of likely N-dealkylation sites (tertiary alicyclic amines) is 1. The van der Waals surface area contributed by atoms with E-state index in [2.05, 4.69) is 11.8 Å². The van der Waals surface area contributed by atoms with E-state index in [4.69, 9.17) is 0 Å². The van der Waals surface area contributed by atoms with Crippen molar-refractivity contribution in [3.05, 3.63) is 35.4 Å². The second-order valence-electron chi connectivity index (χ2n) is 5.26. The van der Waals surface area contributed by atoms with Gasteiger partial charge in [0.25, 0.3) is 0 Å². The van der Waals surface area contributed by atoms with Crippen LogP contribution in [0.3, 0.4) is 0 Å². The van der Waals surface area contributed by atoms with Gasteiger partial charge >= 0.3 is 6.18 Å². The minimum atomic E-state index is -4.24. The van der Waals surface area contributed by atoms with Gasteiger partial charge < -0.3 is 4.90 Å². The summed E-state index contributed by atoms with van der Waals surface area (Å²) in [6.07, 6.45) is -1.09. The van der Waals surface area contributed by atoms with Crippen LogP contribution in [0.1, 0.15) is 43.2 Å². The third kappa shape index (κ3) is 3.72. The standard InChI is InChI=1S/C15H20F3N/c1-2-8-19-9-4-6-13(11-19)12-5-3-7-14(10-12)15(16,17)18/h3,5,7,10,13H,2,4,6,8-9,11H2,1H3. The summed E-state index contributed by atoms with van der Waals surface area (Å²) < 4.78 is 38.2. The first-order chi connectivity index (χ1) is 9.00. The van der Waals surface area contributed by atoms with Gasteiger partial charge in [-0.25, -0.2) is 0 Å². The van der Waals surface area contributed by atoms with Crippen molar-refractivity contribution in [3.8, 4) is 0 Å². The fourth-order valence-electron chi connectivity index (χ4n) is 2.82. The molecule has 1 nitrogen and oxygen atoms in total. The van der Waals surface area contributed by atoms with E-state index in [0.29, 0.717) is 0 Å². The molecule has 1 fully saturated rings. The molecule has 1 unspecified atom stereocenters. The van der Waals surface area contributed by atoms with E-state index in [1.165, 1.54) is 12.1 Å². The van der Waals surface area contributed by atoms with Gasteiger partial charge in [0.1, 0.15) is 0 Å². The van der Waals surface area contributed by atoms with E-state index in [0.717, 1.165) is 50.5 Å². The van der Waals surface area contributed by atoms with Gasteiger partial charge in [0.2, 0.25) is 0 Å². The van der Waals surface area contributed by atoms with E-state index in [-0.39, 0.29) is 5.92 Å². The molecule has 0 radical (unpaired) electrons. The highest BCUT2D eigenvalue weighted by molar-refractivity contribution is 5.28. The maximum Gasteiger partial charge on any atom is 0.416 e. The summed E-state index contributed by atoms with van der Waals surface area (Å²) >= 11 is 0. The van der Waals surface area contributed by atoms with Crippen molar-refractivity contribution in [2.75, 3.05) is 19.6 Å². The number of nitrogens with zero attached hydrogens (tertiary/aromatic N) is 1. The highest BCUT2D eigenvalue weighted by Gasteiger charge is 2.31. The Morgan fingerprint density at radius 3 is 2.79 bits per heavy atom. The molecule has 1 aliphatic rings. The Hall–Kier alpha value is -1.03. The lowest BCUT2D eigenvalue weighted by Crippen LogP contribution is -2.34. The molecule has 0 aromatic heterocycles. The number of rotatable bonds is 3. The highest BCUT2D eigenvalue weighted by atomic mass is 19.4. The molecular weight excluding hydrogens is 251 g/mol. The summed E-state index contributed by atoms with van der Waals surface area (Å²) in [5, 5.41) is 0. The summed E-state index contributed by atoms with van der Waals surface area (Å²) in [4.78, 5) is 2.36. The van der Waals surface area contributed by atoms with E-state index < -0.39 is 11.7 Å². The van der Waals surface area contributed by atoms with Gasteiger partial charge in [-0.2, -0.15) is 13.2 Å². The fraction of sp³-hybridized carbons (Fsp3) is 0.600. The molecule has 106 valence electrons. The van der Waals surface area contributed by atoms with Gasteiger partial charge in [-0.1, -0.05) is 25.1 Å². The minimum Gasteiger partial charge on any atom is -0.303 e. The maximum absolute atomic E-state index is 12.7. The first-order valence-corrected chi connectivity index (χ1v) is 6.90. The number of alkyl halides is 3. The van der Waals surface area contributed by atoms with Crippen LogP contribution in [-0.4, -0.2) is 24.5 Å². The highest BCUT2D eigenvalue weighted by Crippen LogP contribution is 2.33. The average molecular weight is 271 g/mol. The van der Waals surface area contributed by atoms with E-state index in [1.807, 2.05) is 6.07 Å². The third-order valence-electron chi connectivity index (χ3n) is 3.73. The minimum absolute atomic E-state index is 0.239. The summed E-state index contributed by atoms with van der Waals surface area (Å²) in [7, 11) is 0. The molecule has 1 aromatic rings. The maximum atomic E-state index is 12.7. The Morgan fingerprint density at radius 2 is 2.11 bits per heavy atom. The second kappa shape index (κ2) is 5.95. The number of hydrogen-bond donors (Lipinski definition) is 0. The molecule has 19 heavy (non-hydrogen) atoms. The van der Waals surface area contributed by atoms with Crippen LogP contribution in [0.25, 0.3) is 0 Å². The molecule has 1 aromatic carbocycles. The molecule has 1 heterocycles. The van der Waals surface area contributed by atoms with Crippen molar-refractivity contribution in [2.45, 2.75) is 38.3 Å². The molecule has 0 N–H and O–H groups in total. The summed E-state index contributed by atoms with van der Waals surface area (Å²) in [6, 6.07) is 5.82. The summed E-state index contributed by atoms with van der Waals surface area (Å²) in [6.45, 7) is 5.13. The van der Waals surface area contributed by atoms with Gasteiger partial charge in [0.15, 0.2) is 0 Å². The van der Waals surface area contributed by atoms with Crippen LogP contribution < -0.4 is 0 Å². The number of piperidine rings is 1. The monoisotopic (exact) mass is 271 g/mol. The van der Waals surface area contributed by atoms with Gasteiger partial charge in [-0.3, -0.25) is 0 Å². The molecule has 4 heteroatoms. The number of halogens is 3. The van der Waals surface area contributed by atoms with E-state index >= 15 is 0 Å². The Kier molecular flexibility index (Phi) is 4.50. The first-order valence-electron chi connectivity index (χ1n) is 6.90. The zero-order chi connectivity index (χ0) is 13.9. The van der Waals surface area contributed by atoms with Gasteiger partial charge in [0.05, 0.1) is 5.56 Å². The van der Waals surface area contributed by atoms with Gasteiger partial charge in [0, 0.05) is 6.54 Å². The zero-order valence-electron chi connectivity index (χ0n) is 11.2. The van der Waals surface area contributed by atoms with Crippen LogP contribution in [-0.2, 0) is 6.18 Å². The van der Waals surface area contributed by atoms with E-state index in [1.54, 1.807) is 0 Å². The van der Waals surface area contributed by atoms with Gasteiger partial charge in [-0.05, 0) is 49.9 Å². The Bertz CT molecular complexity index is 412. The SMILES string of the molecule is CCCN1CCCC(c2cccc(C(F)(F)F)c2)C1. The van der Waals surface area contributed by atoms with Crippen LogP contribution in [0.15, 0.2) is 24.3 Å². The molecule has 0 aliphatic carbocycles. The molecule has 1 atom stereocenters. The molecule has 0 saturated carbocycles. The van der Waals surface area contributed by atoms with Crippen molar-refractivity contribution in [1.82, 2.24) is 4.90 Å². The molecule has 2 rings (SSSR count). The van der Waals surface area contributed by atoms with Crippen LogP contribution in [0, 0.1) is 0 Å². The molecule has 1 aliphatic heterocycles. The van der Waals surface area contributed by atoms with Crippen LogP contribution in [0.4, 0.5) is 13.2 Å². The van der Waals surface area contributed by atoms with Crippen molar-refractivity contribution in [3.63, 3.8) is 0 Å². The van der Waals surface area contributed by atoms with Gasteiger partial charge in [-0.15, -0.1) is 0 Å². The smallest absolute Gasteiger partial charge is 0.303 e. The van der Waals surface area contributed by atoms with Crippen molar-refractivity contribution in [2.24, 2.45) is 0 Å². The fourth-order valence-corrected chi connectivity index (χ4v) is 2.82. The van der Waals surface area contributed by atoms with Crippen LogP contribution in [0.2, 0.25) is 0 Å². The lowest BCUT2D eigenvalue weighted by atomic mass is 9.89. The predicted octanol–water partition coefficient (Wildman–Crippen LogP) is 4.29. The van der Waals surface area contributed by atoms with Crippen molar-refractivity contribution in [1.29, 1.82) is 0 Å². The average Bonchev–Trinajstić information content (AvgIpc) is 2.39. The third-order valence-corrected chi connectivity index (χ3v) is 3.73. The summed E-state index contributed by atoms with van der Waals surface area (Å²) in [5.41, 5.74) is 0.299. The van der Waals surface area contributed by atoms with E-state index in [9.17, 15) is 13.2 Å². The zero-order valence-corrected chi connectivity index (χ0v) is 11.2. The van der Waals surface area contributed by atoms with Crippen molar-refractivity contribution >= 4 is 0 Å². The molecular formula is C15H20F3N. The van der Waals surface area contributed by atoms with Crippen molar-refractivity contribution < 1.29 is 13.2 Å². The van der Waals surface area contributed by atoms with Crippen LogP contribution in [0.5, 0.6) is 0 Å². The lowest BCUT2D eigenvalue weighted by molar-refractivity contribution is -0.137. The number of benzene rings is 1. The number of hydrogen-bond acceptors (Lipinski definition) is 1. The Morgan fingerprint density at radius 1 is 1.32 bits per heavy atom. The molecule has 1 saturated heterocycles. The predicted molar refractivity (Wildman–Crippen MR) is 70.2 cm³/mol. The lowest BCUT2D eigenvalue weighted by Gasteiger charge is -2.33. The first kappa shape index (κ1) is 14.4. The quantitative estimate of drug-likeness (QED) is 0.792. The van der Waals surface area contributed by atoms with Crippen LogP contribution >= 0.6 is 0 Å². The Labute approximate surface area is 112 Å². The molecule has 0 amide bonds. The molecule has 0 spiro atoms. The topological polar surface area (TPSA) is 3.24 Å². The Balaban J connectivity index is 2.13. The second-order valence-corrected chi connectivity index (χ2v) is 5.26. The molecule has 0 bridgehead atoms. The normalized spacial score (nSPS) is 21.6. The largest absolute Gasteiger partial charge is 0.416 e.